The summed E-state index contributed by atoms with van der Waals surface area (Å²) in [5, 5.41) is 14.1. The molecule has 0 aliphatic carbocycles. The van der Waals surface area contributed by atoms with Crippen LogP contribution in [0.1, 0.15) is 27.7 Å². The Balaban J connectivity index is 1.51. The van der Waals surface area contributed by atoms with Gasteiger partial charge in [-0.2, -0.15) is 5.01 Å². The van der Waals surface area contributed by atoms with Crippen LogP contribution in [0.5, 0.6) is 11.5 Å². The second kappa shape index (κ2) is 11.3. The van der Waals surface area contributed by atoms with Crippen molar-refractivity contribution in [1.82, 2.24) is 10.4 Å². The first-order valence-corrected chi connectivity index (χ1v) is 12.7. The van der Waals surface area contributed by atoms with Crippen LogP contribution in [0.3, 0.4) is 0 Å². The second-order valence-corrected chi connectivity index (χ2v) is 9.87. The molecule has 2 heterocycles. The Bertz CT molecular complexity index is 1360. The van der Waals surface area contributed by atoms with Crippen LogP contribution >= 0.6 is 35.3 Å². The Kier molecular flexibility index (Phi) is 7.98. The summed E-state index contributed by atoms with van der Waals surface area (Å²) < 4.78 is 11.7. The highest BCUT2D eigenvalue weighted by Crippen LogP contribution is 2.35. The molecule has 2 aromatic carbocycles. The average Bonchev–Trinajstić information content (AvgIpc) is 3.49. The van der Waals surface area contributed by atoms with Gasteiger partial charge in [0.2, 0.25) is 0 Å². The number of nitro groups is 1. The van der Waals surface area contributed by atoms with Crippen molar-refractivity contribution >= 4 is 63.2 Å². The molecule has 4 rings (SSSR count). The molecule has 0 bridgehead atoms. The molecule has 1 aliphatic heterocycles. The minimum atomic E-state index is -0.454. The van der Waals surface area contributed by atoms with E-state index in [1.807, 2.05) is 6.92 Å². The highest BCUT2D eigenvalue weighted by molar-refractivity contribution is 8.26. The summed E-state index contributed by atoms with van der Waals surface area (Å²) in [5.74, 6) is -0.0276. The molecular weight excluding hydrogens is 522 g/mol. The molecule has 2 amide bonds. The van der Waals surface area contributed by atoms with Gasteiger partial charge in [0, 0.05) is 6.07 Å². The minimum Gasteiger partial charge on any atom is -0.490 e. The number of nitrogens with zero attached hydrogens (tertiary/aromatic N) is 2. The number of para-hydroxylation sites is 1. The number of amides is 2. The highest BCUT2D eigenvalue weighted by Gasteiger charge is 2.34. The molecule has 3 aromatic rings. The zero-order chi connectivity index (χ0) is 25.7. The number of thiophene rings is 1. The third-order valence-electron chi connectivity index (χ3n) is 4.89. The van der Waals surface area contributed by atoms with Crippen LogP contribution in [0.4, 0.5) is 5.69 Å². The minimum absolute atomic E-state index is 0.0147. The van der Waals surface area contributed by atoms with Crippen LogP contribution in [-0.2, 0) is 11.4 Å². The van der Waals surface area contributed by atoms with Gasteiger partial charge in [-0.15, -0.1) is 11.3 Å². The van der Waals surface area contributed by atoms with Gasteiger partial charge in [0.1, 0.15) is 6.61 Å². The predicted octanol–water partition coefficient (Wildman–Crippen LogP) is 5.18. The lowest BCUT2D eigenvalue weighted by Crippen LogP contribution is -2.44. The number of hydrogen-bond donors (Lipinski definition) is 1. The fourth-order valence-corrected chi connectivity index (χ4v) is 5.04. The van der Waals surface area contributed by atoms with E-state index in [1.54, 1.807) is 60.0 Å². The lowest BCUT2D eigenvalue weighted by molar-refractivity contribution is -0.385. The number of carbonyl (C=O) groups excluding carboxylic acids is 2. The monoisotopic (exact) mass is 541 g/mol. The number of ether oxygens (including phenoxy) is 2. The molecular formula is C24H19N3O6S3. The number of nitro benzene ring substituents is 1. The number of thiocarbonyl (C=S) groups is 1. The van der Waals surface area contributed by atoms with E-state index in [-0.39, 0.29) is 16.6 Å². The van der Waals surface area contributed by atoms with Crippen molar-refractivity contribution in [2.24, 2.45) is 0 Å². The molecule has 9 nitrogen and oxygen atoms in total. The third kappa shape index (κ3) is 5.73. The maximum atomic E-state index is 12.9. The number of hydrogen-bond acceptors (Lipinski definition) is 9. The zero-order valence-electron chi connectivity index (χ0n) is 18.8. The molecule has 1 saturated heterocycles. The molecule has 0 radical (unpaired) electrons. The van der Waals surface area contributed by atoms with Crippen molar-refractivity contribution in [1.29, 1.82) is 0 Å². The van der Waals surface area contributed by atoms with E-state index in [0.29, 0.717) is 39.0 Å². The molecule has 184 valence electrons. The molecule has 0 unspecified atom stereocenters. The predicted molar refractivity (Wildman–Crippen MR) is 142 cm³/mol. The average molecular weight is 542 g/mol. The maximum absolute atomic E-state index is 12.9. The number of thioether (sulfide) groups is 1. The smallest absolute Gasteiger partial charge is 0.285 e. The number of carbonyl (C=O) groups is 2. The Hall–Kier alpha value is -3.74. The summed E-state index contributed by atoms with van der Waals surface area (Å²) in [6.45, 7) is 2.17. The molecule has 1 aromatic heterocycles. The number of nitrogens with one attached hydrogen (secondary N) is 1. The van der Waals surface area contributed by atoms with Crippen LogP contribution in [0, 0.1) is 10.1 Å². The Labute approximate surface area is 219 Å². The van der Waals surface area contributed by atoms with Gasteiger partial charge < -0.3 is 9.47 Å². The summed E-state index contributed by atoms with van der Waals surface area (Å²) >= 11 is 7.61. The highest BCUT2D eigenvalue weighted by atomic mass is 32.2. The van der Waals surface area contributed by atoms with Gasteiger partial charge in [-0.05, 0) is 60.4 Å². The fourth-order valence-electron chi connectivity index (χ4n) is 3.25. The Morgan fingerprint density at radius 1 is 1.17 bits per heavy atom. The summed E-state index contributed by atoms with van der Waals surface area (Å²) in [6, 6.07) is 14.9. The summed E-state index contributed by atoms with van der Waals surface area (Å²) in [4.78, 5) is 36.8. The van der Waals surface area contributed by atoms with Gasteiger partial charge in [-0.1, -0.05) is 36.0 Å². The largest absolute Gasteiger partial charge is 0.490 e. The van der Waals surface area contributed by atoms with Crippen molar-refractivity contribution in [2.75, 3.05) is 6.61 Å². The number of rotatable bonds is 9. The van der Waals surface area contributed by atoms with E-state index in [2.05, 4.69) is 5.43 Å². The summed E-state index contributed by atoms with van der Waals surface area (Å²) in [5.41, 5.74) is 3.60. The van der Waals surface area contributed by atoms with Gasteiger partial charge in [-0.25, -0.2) is 0 Å². The first-order valence-electron chi connectivity index (χ1n) is 10.6. The third-order valence-corrected chi connectivity index (χ3v) is 7.06. The van der Waals surface area contributed by atoms with E-state index in [4.69, 9.17) is 21.7 Å². The van der Waals surface area contributed by atoms with E-state index < -0.39 is 16.7 Å². The lowest BCUT2D eigenvalue weighted by Gasteiger charge is -2.14. The lowest BCUT2D eigenvalue weighted by atomic mass is 10.1. The zero-order valence-corrected chi connectivity index (χ0v) is 21.3. The van der Waals surface area contributed by atoms with Crippen molar-refractivity contribution in [3.05, 3.63) is 91.0 Å². The molecule has 1 aliphatic rings. The summed E-state index contributed by atoms with van der Waals surface area (Å²) in [6.07, 6.45) is 1.64. The molecule has 0 saturated carbocycles. The first kappa shape index (κ1) is 25.4. The van der Waals surface area contributed by atoms with Crippen molar-refractivity contribution in [3.63, 3.8) is 0 Å². The number of hydrazine groups is 1. The van der Waals surface area contributed by atoms with Crippen molar-refractivity contribution in [3.8, 4) is 11.5 Å². The molecule has 0 spiro atoms. The molecule has 1 fully saturated rings. The molecule has 0 atom stereocenters. The van der Waals surface area contributed by atoms with E-state index in [9.17, 15) is 19.7 Å². The van der Waals surface area contributed by atoms with Gasteiger partial charge in [0.05, 0.1) is 26.9 Å². The quantitative estimate of drug-likeness (QED) is 0.171. The van der Waals surface area contributed by atoms with Crippen LogP contribution < -0.4 is 14.9 Å². The van der Waals surface area contributed by atoms with E-state index >= 15 is 0 Å². The SMILES string of the molecule is CCOc1cc(/C=C2/SC(=S)N(NC(=O)c3cccs3)C2=O)ccc1OCc1ccccc1[N+](=O)[O-]. The Morgan fingerprint density at radius 3 is 2.69 bits per heavy atom. The number of benzene rings is 2. The van der Waals surface area contributed by atoms with Crippen LogP contribution in [0.25, 0.3) is 6.08 Å². The van der Waals surface area contributed by atoms with Crippen molar-refractivity contribution < 1.29 is 24.0 Å². The van der Waals surface area contributed by atoms with Gasteiger partial charge in [0.15, 0.2) is 15.8 Å². The maximum Gasteiger partial charge on any atom is 0.285 e. The van der Waals surface area contributed by atoms with E-state index in [0.717, 1.165) is 16.8 Å². The van der Waals surface area contributed by atoms with Crippen LogP contribution in [0.15, 0.2) is 64.9 Å². The Morgan fingerprint density at radius 2 is 1.97 bits per heavy atom. The van der Waals surface area contributed by atoms with Gasteiger partial charge >= 0.3 is 0 Å². The van der Waals surface area contributed by atoms with Crippen LogP contribution in [0.2, 0.25) is 0 Å². The summed E-state index contributed by atoms with van der Waals surface area (Å²) in [7, 11) is 0. The van der Waals surface area contributed by atoms with Gasteiger partial charge in [-0.3, -0.25) is 25.1 Å². The van der Waals surface area contributed by atoms with Crippen molar-refractivity contribution in [2.45, 2.75) is 13.5 Å². The fraction of sp³-hybridized carbons (Fsp3) is 0.125. The molecule has 12 heteroatoms. The van der Waals surface area contributed by atoms with Crippen LogP contribution in [-0.4, -0.2) is 32.7 Å². The standard InChI is InChI=1S/C24H19N3O6S3/c1-2-32-19-12-15(9-10-18(19)33-14-16-6-3-4-7-17(16)27(30)31)13-21-23(29)26(24(34)36-21)25-22(28)20-8-5-11-35-20/h3-13H,2,14H2,1H3,(H,25,28)/b21-13+. The molecule has 36 heavy (non-hydrogen) atoms. The molecule has 1 N–H and O–H groups in total. The van der Waals surface area contributed by atoms with E-state index in [1.165, 1.54) is 17.4 Å². The first-order chi connectivity index (χ1) is 17.4. The normalized spacial score (nSPS) is 14.2. The topological polar surface area (TPSA) is 111 Å². The second-order valence-electron chi connectivity index (χ2n) is 7.25. The van der Waals surface area contributed by atoms with Gasteiger partial charge in [0.25, 0.3) is 17.5 Å².